The molecule has 0 aliphatic carbocycles. The topological polar surface area (TPSA) is 114 Å². The van der Waals surface area contributed by atoms with Gasteiger partial charge in [0.15, 0.2) is 6.10 Å². The van der Waals surface area contributed by atoms with Gasteiger partial charge < -0.3 is 23.7 Å². The highest BCUT2D eigenvalue weighted by Crippen LogP contribution is 2.28. The van der Waals surface area contributed by atoms with Crippen molar-refractivity contribution < 1.29 is 42.9 Å². The molecule has 0 aromatic carbocycles. The zero-order valence-corrected chi connectivity index (χ0v) is 12.7. The van der Waals surface area contributed by atoms with Crippen molar-refractivity contribution in [1.29, 1.82) is 0 Å². The predicted octanol–water partition coefficient (Wildman–Crippen LogP) is -0.299. The maximum atomic E-state index is 11.2. The Balaban J connectivity index is 2.94. The van der Waals surface area contributed by atoms with Gasteiger partial charge in [0.2, 0.25) is 12.4 Å². The molecule has 1 heterocycles. The molecule has 0 saturated carbocycles. The summed E-state index contributed by atoms with van der Waals surface area (Å²) in [5.74, 6) is -2.56. The van der Waals surface area contributed by atoms with Gasteiger partial charge in [0.25, 0.3) is 0 Å². The van der Waals surface area contributed by atoms with Crippen molar-refractivity contribution in [2.75, 3.05) is 6.61 Å². The fraction of sp³-hybridized carbons (Fsp3) is 0.692. The molecular weight excluding hydrogens is 300 g/mol. The third-order valence-corrected chi connectivity index (χ3v) is 2.60. The number of rotatable bonds is 5. The Morgan fingerprint density at radius 3 is 1.73 bits per heavy atom. The van der Waals surface area contributed by atoms with Gasteiger partial charge in [0, 0.05) is 27.7 Å². The van der Waals surface area contributed by atoms with Gasteiger partial charge in [-0.15, -0.1) is 0 Å². The first-order valence-electron chi connectivity index (χ1n) is 6.51. The van der Waals surface area contributed by atoms with E-state index < -0.39 is 48.5 Å². The zero-order chi connectivity index (χ0) is 16.9. The zero-order valence-electron chi connectivity index (χ0n) is 12.7. The van der Waals surface area contributed by atoms with Crippen LogP contribution in [0, 0.1) is 0 Å². The molecule has 0 bridgehead atoms. The minimum atomic E-state index is -1.26. The van der Waals surface area contributed by atoms with Crippen LogP contribution < -0.4 is 0 Å². The summed E-state index contributed by atoms with van der Waals surface area (Å²) in [5, 5.41) is 0. The number of carbonyl (C=O) groups excluding carboxylic acids is 4. The number of hydrogen-bond acceptors (Lipinski definition) is 9. The van der Waals surface area contributed by atoms with Gasteiger partial charge in [0.1, 0.15) is 12.7 Å². The largest absolute Gasteiger partial charge is 0.463 e. The van der Waals surface area contributed by atoms with Crippen LogP contribution in [0.1, 0.15) is 27.7 Å². The van der Waals surface area contributed by atoms with Crippen LogP contribution in [0.3, 0.4) is 0 Å². The summed E-state index contributed by atoms with van der Waals surface area (Å²) in [6.07, 6.45) is -4.40. The molecule has 22 heavy (non-hydrogen) atoms. The maximum absolute atomic E-state index is 11.2. The summed E-state index contributed by atoms with van der Waals surface area (Å²) in [4.78, 5) is 44.4. The van der Waals surface area contributed by atoms with Gasteiger partial charge >= 0.3 is 23.9 Å². The Bertz CT molecular complexity index is 458. The summed E-state index contributed by atoms with van der Waals surface area (Å²) in [6.45, 7) is 4.40. The maximum Gasteiger partial charge on any atom is 0.305 e. The van der Waals surface area contributed by atoms with E-state index in [1.807, 2.05) is 0 Å². The lowest BCUT2D eigenvalue weighted by molar-refractivity contribution is -0.197. The second-order valence-corrected chi connectivity index (χ2v) is 4.60. The van der Waals surface area contributed by atoms with Crippen LogP contribution in [0.15, 0.2) is 0 Å². The molecule has 0 spiro atoms. The van der Waals surface area contributed by atoms with Gasteiger partial charge in [-0.05, 0) is 0 Å². The molecule has 0 N–H and O–H groups in total. The standard InChI is InChI=1S/C13H18O9/c1-6(14)18-5-10-11(19-7(2)15)12(20-8(3)16)13(22-10)21-9(4)17/h10-13H,5H2,1-4H3/t10-,11+,12-,13-/m0/s1. The minimum Gasteiger partial charge on any atom is -0.463 e. The molecule has 0 radical (unpaired) electrons. The highest BCUT2D eigenvalue weighted by Gasteiger charge is 2.51. The van der Waals surface area contributed by atoms with E-state index in [9.17, 15) is 19.2 Å². The molecule has 0 aromatic rings. The van der Waals surface area contributed by atoms with E-state index >= 15 is 0 Å². The van der Waals surface area contributed by atoms with Crippen molar-refractivity contribution in [3.8, 4) is 0 Å². The first kappa shape index (κ1) is 17.9. The number of hydrogen-bond donors (Lipinski definition) is 0. The van der Waals surface area contributed by atoms with E-state index in [1.54, 1.807) is 0 Å². The van der Waals surface area contributed by atoms with Crippen molar-refractivity contribution in [2.45, 2.75) is 52.3 Å². The van der Waals surface area contributed by atoms with Crippen molar-refractivity contribution in [3.63, 3.8) is 0 Å². The quantitative estimate of drug-likeness (QED) is 0.497. The van der Waals surface area contributed by atoms with Crippen LogP contribution in [0.2, 0.25) is 0 Å². The van der Waals surface area contributed by atoms with Crippen LogP contribution in [-0.4, -0.2) is 55.1 Å². The SMILES string of the molecule is CC(=O)OC[C@@H]1O[C@H](OC(C)=O)[C@@H](OC(C)=O)[C@@H]1OC(C)=O. The van der Waals surface area contributed by atoms with Crippen molar-refractivity contribution >= 4 is 23.9 Å². The van der Waals surface area contributed by atoms with E-state index in [2.05, 4.69) is 0 Å². The van der Waals surface area contributed by atoms with E-state index in [0.717, 1.165) is 20.8 Å². The monoisotopic (exact) mass is 318 g/mol. The molecule has 9 nitrogen and oxygen atoms in total. The second kappa shape index (κ2) is 7.74. The minimum absolute atomic E-state index is 0.247. The lowest BCUT2D eigenvalue weighted by atomic mass is 10.1. The first-order valence-corrected chi connectivity index (χ1v) is 6.51. The number of ether oxygens (including phenoxy) is 5. The van der Waals surface area contributed by atoms with Crippen LogP contribution in [0.4, 0.5) is 0 Å². The summed E-state index contributed by atoms with van der Waals surface area (Å²) >= 11 is 0. The molecule has 1 aliphatic heterocycles. The predicted molar refractivity (Wildman–Crippen MR) is 68.2 cm³/mol. The molecule has 1 saturated heterocycles. The molecule has 0 aromatic heterocycles. The molecule has 1 aliphatic rings. The molecule has 1 rings (SSSR count). The molecule has 0 unspecified atom stereocenters. The summed E-state index contributed by atoms with van der Waals surface area (Å²) in [6, 6.07) is 0. The number of carbonyl (C=O) groups is 4. The van der Waals surface area contributed by atoms with Crippen molar-refractivity contribution in [2.24, 2.45) is 0 Å². The summed E-state index contributed by atoms with van der Waals surface area (Å²) < 4.78 is 25.2. The van der Waals surface area contributed by atoms with Gasteiger partial charge in [-0.25, -0.2) is 0 Å². The molecule has 4 atom stereocenters. The van der Waals surface area contributed by atoms with Gasteiger partial charge in [-0.2, -0.15) is 0 Å². The Kier molecular flexibility index (Phi) is 6.29. The van der Waals surface area contributed by atoms with E-state index in [4.69, 9.17) is 23.7 Å². The van der Waals surface area contributed by atoms with Crippen LogP contribution >= 0.6 is 0 Å². The highest BCUT2D eigenvalue weighted by molar-refractivity contribution is 5.68. The third-order valence-electron chi connectivity index (χ3n) is 2.60. The molecule has 124 valence electrons. The summed E-state index contributed by atoms with van der Waals surface area (Å²) in [7, 11) is 0. The molecule has 9 heteroatoms. The fourth-order valence-electron chi connectivity index (χ4n) is 1.93. The number of esters is 4. The fourth-order valence-corrected chi connectivity index (χ4v) is 1.93. The smallest absolute Gasteiger partial charge is 0.305 e. The van der Waals surface area contributed by atoms with Crippen LogP contribution in [0.5, 0.6) is 0 Å². The first-order chi connectivity index (χ1) is 10.2. The van der Waals surface area contributed by atoms with Gasteiger partial charge in [0.05, 0.1) is 0 Å². The molecule has 0 amide bonds. The third kappa shape index (κ3) is 5.32. The van der Waals surface area contributed by atoms with Crippen LogP contribution in [0.25, 0.3) is 0 Å². The average Bonchev–Trinajstić information content (AvgIpc) is 2.63. The van der Waals surface area contributed by atoms with Crippen molar-refractivity contribution in [3.05, 3.63) is 0 Å². The average molecular weight is 318 g/mol. The van der Waals surface area contributed by atoms with E-state index in [-0.39, 0.29) is 6.61 Å². The Morgan fingerprint density at radius 1 is 0.773 bits per heavy atom. The Hall–Kier alpha value is -2.16. The highest BCUT2D eigenvalue weighted by atomic mass is 16.8. The normalized spacial score (nSPS) is 26.9. The molecule has 1 fully saturated rings. The molecular formula is C13H18O9. The lowest BCUT2D eigenvalue weighted by Crippen LogP contribution is -2.42. The van der Waals surface area contributed by atoms with Crippen molar-refractivity contribution in [1.82, 2.24) is 0 Å². The Labute approximate surface area is 126 Å². The lowest BCUT2D eigenvalue weighted by Gasteiger charge is -2.22. The van der Waals surface area contributed by atoms with Gasteiger partial charge in [-0.3, -0.25) is 19.2 Å². The summed E-state index contributed by atoms with van der Waals surface area (Å²) in [5.41, 5.74) is 0. The Morgan fingerprint density at radius 2 is 1.27 bits per heavy atom. The van der Waals surface area contributed by atoms with Gasteiger partial charge in [-0.1, -0.05) is 0 Å². The van der Waals surface area contributed by atoms with Crippen LogP contribution in [-0.2, 0) is 42.9 Å². The second-order valence-electron chi connectivity index (χ2n) is 4.60. The van der Waals surface area contributed by atoms with E-state index in [0.29, 0.717) is 0 Å². The van der Waals surface area contributed by atoms with E-state index in [1.165, 1.54) is 6.92 Å².